The second kappa shape index (κ2) is 60.1. The van der Waals surface area contributed by atoms with E-state index in [1.54, 1.807) is 0 Å². The van der Waals surface area contributed by atoms with Gasteiger partial charge in [0.05, 0.1) is 0 Å². The van der Waals surface area contributed by atoms with E-state index in [4.69, 9.17) is 14.2 Å². The van der Waals surface area contributed by atoms with Gasteiger partial charge in [-0.05, 0) is 116 Å². The molecule has 0 amide bonds. The Hall–Kier alpha value is -4.45. The molecule has 0 rings (SSSR count). The maximum absolute atomic E-state index is 12.8. The lowest BCUT2D eigenvalue weighted by Gasteiger charge is -2.18. The van der Waals surface area contributed by atoms with Crippen LogP contribution in [0.15, 0.2) is 134 Å². The van der Waals surface area contributed by atoms with Crippen LogP contribution in [0.2, 0.25) is 0 Å². The minimum absolute atomic E-state index is 0.0965. The van der Waals surface area contributed by atoms with Crippen LogP contribution in [0.25, 0.3) is 0 Å². The fourth-order valence-corrected chi connectivity index (χ4v) is 7.77. The third-order valence-electron chi connectivity index (χ3n) is 12.2. The lowest BCUT2D eigenvalue weighted by Crippen LogP contribution is -2.30. The van der Waals surface area contributed by atoms with Crippen molar-refractivity contribution in [1.29, 1.82) is 0 Å². The second-order valence-electron chi connectivity index (χ2n) is 19.1. The Balaban J connectivity index is 4.33. The molecular weight excluding hydrogens is 901 g/mol. The zero-order valence-corrected chi connectivity index (χ0v) is 47.1. The predicted molar refractivity (Wildman–Crippen MR) is 316 cm³/mol. The van der Waals surface area contributed by atoms with Crippen LogP contribution in [0.4, 0.5) is 0 Å². The molecule has 0 aromatic carbocycles. The average molecular weight is 1010 g/mol. The van der Waals surface area contributed by atoms with Crippen molar-refractivity contribution < 1.29 is 28.6 Å². The van der Waals surface area contributed by atoms with Gasteiger partial charge >= 0.3 is 17.9 Å². The highest BCUT2D eigenvalue weighted by atomic mass is 16.6. The van der Waals surface area contributed by atoms with Crippen molar-refractivity contribution in [2.45, 2.75) is 258 Å². The summed E-state index contributed by atoms with van der Waals surface area (Å²) in [5, 5.41) is 0. The van der Waals surface area contributed by atoms with Crippen molar-refractivity contribution in [2.24, 2.45) is 0 Å². The van der Waals surface area contributed by atoms with Crippen LogP contribution in [-0.2, 0) is 28.6 Å². The molecule has 0 saturated carbocycles. The first-order chi connectivity index (χ1) is 36.0. The number of unbranched alkanes of at least 4 members (excludes halogenated alkanes) is 19. The van der Waals surface area contributed by atoms with Crippen molar-refractivity contribution in [3.05, 3.63) is 134 Å². The zero-order valence-electron chi connectivity index (χ0n) is 47.1. The Morgan fingerprint density at radius 1 is 0.288 bits per heavy atom. The Morgan fingerprint density at radius 3 is 0.849 bits per heavy atom. The molecule has 0 spiro atoms. The van der Waals surface area contributed by atoms with E-state index < -0.39 is 6.10 Å². The van der Waals surface area contributed by atoms with Crippen LogP contribution in [-0.4, -0.2) is 37.2 Å². The topological polar surface area (TPSA) is 78.9 Å². The van der Waals surface area contributed by atoms with Crippen molar-refractivity contribution >= 4 is 17.9 Å². The summed E-state index contributed by atoms with van der Waals surface area (Å²) in [6.07, 6.45) is 84.5. The molecule has 0 heterocycles. The molecule has 0 fully saturated rings. The van der Waals surface area contributed by atoms with Crippen LogP contribution in [0, 0.1) is 0 Å². The minimum Gasteiger partial charge on any atom is -0.462 e. The van der Waals surface area contributed by atoms with Crippen molar-refractivity contribution in [3.63, 3.8) is 0 Å². The first-order valence-corrected chi connectivity index (χ1v) is 29.7. The molecule has 412 valence electrons. The van der Waals surface area contributed by atoms with Gasteiger partial charge in [0.1, 0.15) is 13.2 Å². The number of rotatable bonds is 52. The van der Waals surface area contributed by atoms with Gasteiger partial charge in [0.2, 0.25) is 0 Å². The Kier molecular flexibility index (Phi) is 56.4. The molecule has 0 aromatic heterocycles. The van der Waals surface area contributed by atoms with Gasteiger partial charge in [0.15, 0.2) is 6.10 Å². The summed E-state index contributed by atoms with van der Waals surface area (Å²) in [6, 6.07) is 0. The molecule has 6 nitrogen and oxygen atoms in total. The largest absolute Gasteiger partial charge is 0.462 e. The summed E-state index contributed by atoms with van der Waals surface area (Å²) in [6.45, 7) is 6.35. The van der Waals surface area contributed by atoms with Gasteiger partial charge < -0.3 is 14.2 Å². The van der Waals surface area contributed by atoms with E-state index >= 15 is 0 Å². The van der Waals surface area contributed by atoms with Crippen molar-refractivity contribution in [2.75, 3.05) is 13.2 Å². The summed E-state index contributed by atoms with van der Waals surface area (Å²) in [7, 11) is 0. The molecular formula is C67H108O6. The van der Waals surface area contributed by atoms with Gasteiger partial charge in [-0.1, -0.05) is 251 Å². The van der Waals surface area contributed by atoms with Crippen LogP contribution in [0.3, 0.4) is 0 Å². The van der Waals surface area contributed by atoms with E-state index in [1.165, 1.54) is 70.6 Å². The second-order valence-corrected chi connectivity index (χ2v) is 19.1. The first kappa shape index (κ1) is 68.6. The highest BCUT2D eigenvalue weighted by Gasteiger charge is 2.19. The molecule has 0 aliphatic carbocycles. The van der Waals surface area contributed by atoms with Gasteiger partial charge in [-0.2, -0.15) is 0 Å². The number of allylic oxidation sites excluding steroid dienone is 22. The molecule has 0 aromatic rings. The molecule has 73 heavy (non-hydrogen) atoms. The summed E-state index contributed by atoms with van der Waals surface area (Å²) in [5.74, 6) is -0.943. The monoisotopic (exact) mass is 1010 g/mol. The van der Waals surface area contributed by atoms with Gasteiger partial charge in [-0.3, -0.25) is 14.4 Å². The molecule has 0 radical (unpaired) electrons. The number of hydrogen-bond acceptors (Lipinski definition) is 6. The summed E-state index contributed by atoms with van der Waals surface area (Å²) >= 11 is 0. The Labute approximate surface area is 449 Å². The minimum atomic E-state index is -0.802. The normalized spacial score (nSPS) is 13.1. The lowest BCUT2D eigenvalue weighted by atomic mass is 10.1. The third kappa shape index (κ3) is 58.3. The maximum Gasteiger partial charge on any atom is 0.306 e. The highest BCUT2D eigenvalue weighted by Crippen LogP contribution is 2.14. The molecule has 1 atom stereocenters. The summed E-state index contributed by atoms with van der Waals surface area (Å²) < 4.78 is 16.8. The third-order valence-corrected chi connectivity index (χ3v) is 12.2. The smallest absolute Gasteiger partial charge is 0.306 e. The highest BCUT2D eigenvalue weighted by molar-refractivity contribution is 5.71. The molecule has 0 saturated heterocycles. The zero-order chi connectivity index (χ0) is 52.9. The van der Waals surface area contributed by atoms with Crippen LogP contribution >= 0.6 is 0 Å². The van der Waals surface area contributed by atoms with E-state index in [0.717, 1.165) is 141 Å². The Bertz CT molecular complexity index is 1580. The number of esters is 3. The van der Waals surface area contributed by atoms with E-state index in [-0.39, 0.29) is 37.5 Å². The Morgan fingerprint density at radius 2 is 0.534 bits per heavy atom. The molecule has 1 unspecified atom stereocenters. The van der Waals surface area contributed by atoms with Crippen LogP contribution < -0.4 is 0 Å². The van der Waals surface area contributed by atoms with E-state index in [0.29, 0.717) is 12.8 Å². The van der Waals surface area contributed by atoms with Crippen LogP contribution in [0.1, 0.15) is 252 Å². The van der Waals surface area contributed by atoms with E-state index in [9.17, 15) is 14.4 Å². The van der Waals surface area contributed by atoms with E-state index in [1.807, 2.05) is 0 Å². The van der Waals surface area contributed by atoms with E-state index in [2.05, 4.69) is 154 Å². The van der Waals surface area contributed by atoms with Crippen LogP contribution in [0.5, 0.6) is 0 Å². The standard InChI is InChI=1S/C67H108O6/c1-4-7-10-13-16-19-21-23-25-27-29-30-31-32-33-34-35-36-38-39-41-43-45-48-51-54-57-60-66(69)72-63-64(62-71-65(68)59-56-53-50-47-18-15-12-9-6-3)73-67(70)61-58-55-52-49-46-44-42-40-37-28-26-24-22-20-17-14-11-8-5-2/h7-8,10-11,16-17,19-20,23-26,29-30,32-33,35-37,40,44,46,64H,4-6,9,12-15,18,21-22,27-28,31,34,38-39,41-43,45,47-63H2,1-3H3/b10-7-,11-8-,19-16-,20-17-,25-23-,26-24-,30-29-,33-32-,36-35-,40-37-,46-44-. The van der Waals surface area contributed by atoms with Gasteiger partial charge in [0, 0.05) is 19.3 Å². The fourth-order valence-electron chi connectivity index (χ4n) is 7.77. The predicted octanol–water partition coefficient (Wildman–Crippen LogP) is 20.2. The van der Waals surface area contributed by atoms with Gasteiger partial charge in [-0.25, -0.2) is 0 Å². The molecule has 0 bridgehead atoms. The number of carbonyl (C=O) groups excluding carboxylic acids is 3. The summed E-state index contributed by atoms with van der Waals surface area (Å²) in [5.41, 5.74) is 0. The number of ether oxygens (including phenoxy) is 3. The van der Waals surface area contributed by atoms with Crippen molar-refractivity contribution in [3.8, 4) is 0 Å². The molecule has 6 heteroatoms. The molecule has 0 aliphatic rings. The fraction of sp³-hybridized carbons (Fsp3) is 0.627. The average Bonchev–Trinajstić information content (AvgIpc) is 3.39. The number of hydrogen-bond donors (Lipinski definition) is 0. The first-order valence-electron chi connectivity index (χ1n) is 29.7. The van der Waals surface area contributed by atoms with Gasteiger partial charge in [-0.15, -0.1) is 0 Å². The maximum atomic E-state index is 12.8. The quantitative estimate of drug-likeness (QED) is 0.0261. The molecule has 0 N–H and O–H groups in total. The van der Waals surface area contributed by atoms with Crippen molar-refractivity contribution in [1.82, 2.24) is 0 Å². The summed E-state index contributed by atoms with van der Waals surface area (Å²) in [4.78, 5) is 38.1. The van der Waals surface area contributed by atoms with Gasteiger partial charge in [0.25, 0.3) is 0 Å². The number of carbonyl (C=O) groups is 3. The SMILES string of the molecule is CC/C=C\C/C=C\C/C=C\C/C=C\C/C=C\C/C=C\CCCCCCCCCCC(=O)OCC(COC(=O)CCCCCCCCCCC)OC(=O)CCCCC/C=C\C/C=C\C/C=C\C/C=C\C/C=C\CC. The molecule has 0 aliphatic heterocycles. The lowest BCUT2D eigenvalue weighted by molar-refractivity contribution is -0.167.